The predicted octanol–water partition coefficient (Wildman–Crippen LogP) is 5.63. The van der Waals surface area contributed by atoms with Gasteiger partial charge in [-0.15, -0.1) is 0 Å². The lowest BCUT2D eigenvalue weighted by Crippen LogP contribution is -2.34. The van der Waals surface area contributed by atoms with E-state index in [1.165, 1.54) is 18.4 Å². The summed E-state index contributed by atoms with van der Waals surface area (Å²) < 4.78 is 2.29. The number of imidazole rings is 1. The van der Waals surface area contributed by atoms with Crippen LogP contribution in [0.5, 0.6) is 0 Å². The third-order valence-electron chi connectivity index (χ3n) is 4.99. The number of piperidine rings is 1. The zero-order valence-corrected chi connectivity index (χ0v) is 15.8. The fourth-order valence-electron chi connectivity index (χ4n) is 3.51. The molecule has 1 aliphatic rings. The molecule has 3 aromatic rings. The number of halogens is 2. The predicted molar refractivity (Wildman–Crippen MR) is 106 cm³/mol. The molecule has 4 rings (SSSR count). The first-order chi connectivity index (χ1) is 12.1. The summed E-state index contributed by atoms with van der Waals surface area (Å²) in [5, 5.41) is 1.48. The van der Waals surface area contributed by atoms with Crippen molar-refractivity contribution in [2.75, 3.05) is 18.0 Å². The highest BCUT2D eigenvalue weighted by Crippen LogP contribution is 2.29. The topological polar surface area (TPSA) is 21.1 Å². The Bertz CT molecular complexity index is 895. The summed E-state index contributed by atoms with van der Waals surface area (Å²) in [4.78, 5) is 7.31. The number of anilines is 1. The number of hydrogen-bond acceptors (Lipinski definition) is 2. The van der Waals surface area contributed by atoms with E-state index in [1.807, 2.05) is 30.3 Å². The maximum atomic E-state index is 6.19. The summed E-state index contributed by atoms with van der Waals surface area (Å²) in [5.41, 5.74) is 3.23. The fourth-order valence-corrected chi connectivity index (χ4v) is 3.89. The monoisotopic (exact) mass is 373 g/mol. The molecule has 0 spiro atoms. The van der Waals surface area contributed by atoms with Crippen LogP contribution in [-0.2, 0) is 6.54 Å². The Labute approximate surface area is 158 Å². The Morgan fingerprint density at radius 1 is 1.04 bits per heavy atom. The van der Waals surface area contributed by atoms with Crippen LogP contribution in [0, 0.1) is 5.92 Å². The van der Waals surface area contributed by atoms with E-state index in [4.69, 9.17) is 28.2 Å². The second kappa shape index (κ2) is 6.89. The van der Waals surface area contributed by atoms with Gasteiger partial charge in [-0.25, -0.2) is 4.98 Å². The molecule has 1 fully saturated rings. The standard InChI is InChI=1S/C20H21Cl2N3/c1-14-7-9-24(10-8-14)20-23-18-12-17(22)5-6-19(18)25(20)13-15-3-2-4-16(21)11-15/h2-6,11-12,14H,7-10,13H2,1H3. The summed E-state index contributed by atoms with van der Waals surface area (Å²) in [6.45, 7) is 5.17. The van der Waals surface area contributed by atoms with E-state index in [0.717, 1.165) is 52.6 Å². The van der Waals surface area contributed by atoms with Gasteiger partial charge in [-0.2, -0.15) is 0 Å². The van der Waals surface area contributed by atoms with Gasteiger partial charge < -0.3 is 9.47 Å². The molecule has 0 amide bonds. The highest BCUT2D eigenvalue weighted by Gasteiger charge is 2.22. The number of benzene rings is 2. The van der Waals surface area contributed by atoms with Crippen molar-refractivity contribution in [3.63, 3.8) is 0 Å². The summed E-state index contributed by atoms with van der Waals surface area (Å²) in [6, 6.07) is 14.0. The van der Waals surface area contributed by atoms with E-state index in [2.05, 4.69) is 28.5 Å². The Hall–Kier alpha value is -1.71. The lowest BCUT2D eigenvalue weighted by Gasteiger charge is -2.31. The van der Waals surface area contributed by atoms with Crippen LogP contribution in [0.4, 0.5) is 5.95 Å². The SMILES string of the molecule is CC1CCN(c2nc3cc(Cl)ccc3n2Cc2cccc(Cl)c2)CC1. The Balaban J connectivity index is 1.78. The molecule has 0 radical (unpaired) electrons. The summed E-state index contributed by atoms with van der Waals surface area (Å²) >= 11 is 12.4. The number of nitrogens with zero attached hydrogens (tertiary/aromatic N) is 3. The van der Waals surface area contributed by atoms with Gasteiger partial charge in [-0.1, -0.05) is 42.3 Å². The van der Waals surface area contributed by atoms with E-state index in [-0.39, 0.29) is 0 Å². The van der Waals surface area contributed by atoms with Gasteiger partial charge in [0.1, 0.15) is 0 Å². The molecular formula is C20H21Cl2N3. The van der Waals surface area contributed by atoms with Gasteiger partial charge in [0.15, 0.2) is 0 Å². The fraction of sp³-hybridized carbons (Fsp3) is 0.350. The first-order valence-corrected chi connectivity index (χ1v) is 9.51. The van der Waals surface area contributed by atoms with Crippen molar-refractivity contribution in [1.82, 2.24) is 9.55 Å². The van der Waals surface area contributed by atoms with Gasteiger partial charge in [0, 0.05) is 23.1 Å². The van der Waals surface area contributed by atoms with E-state index >= 15 is 0 Å². The van der Waals surface area contributed by atoms with Gasteiger partial charge >= 0.3 is 0 Å². The van der Waals surface area contributed by atoms with Crippen LogP contribution in [0.2, 0.25) is 10.0 Å². The highest BCUT2D eigenvalue weighted by molar-refractivity contribution is 6.31. The van der Waals surface area contributed by atoms with Crippen molar-refractivity contribution in [3.05, 3.63) is 58.1 Å². The smallest absolute Gasteiger partial charge is 0.206 e. The minimum absolute atomic E-state index is 0.721. The molecule has 5 heteroatoms. The molecule has 1 aliphatic heterocycles. The zero-order valence-electron chi connectivity index (χ0n) is 14.3. The average Bonchev–Trinajstić information content (AvgIpc) is 2.93. The molecule has 0 aliphatic carbocycles. The van der Waals surface area contributed by atoms with Crippen LogP contribution in [0.3, 0.4) is 0 Å². The highest BCUT2D eigenvalue weighted by atomic mass is 35.5. The molecule has 0 atom stereocenters. The number of rotatable bonds is 3. The van der Waals surface area contributed by atoms with Crippen LogP contribution in [0.1, 0.15) is 25.3 Å². The first-order valence-electron chi connectivity index (χ1n) is 8.75. The lowest BCUT2D eigenvalue weighted by molar-refractivity contribution is 0.432. The molecule has 0 saturated carbocycles. The van der Waals surface area contributed by atoms with Gasteiger partial charge in [0.2, 0.25) is 5.95 Å². The molecule has 0 unspecified atom stereocenters. The Morgan fingerprint density at radius 2 is 1.80 bits per heavy atom. The van der Waals surface area contributed by atoms with Crippen molar-refractivity contribution in [2.45, 2.75) is 26.3 Å². The lowest BCUT2D eigenvalue weighted by atomic mass is 10.00. The molecule has 0 N–H and O–H groups in total. The molecular weight excluding hydrogens is 353 g/mol. The van der Waals surface area contributed by atoms with Crippen LogP contribution in [0.25, 0.3) is 11.0 Å². The molecule has 1 saturated heterocycles. The molecule has 1 aromatic heterocycles. The van der Waals surface area contributed by atoms with Gasteiger partial charge in [-0.05, 0) is 54.7 Å². The van der Waals surface area contributed by atoms with Gasteiger partial charge in [0.25, 0.3) is 0 Å². The third kappa shape index (κ3) is 3.49. The van der Waals surface area contributed by atoms with Crippen LogP contribution >= 0.6 is 23.2 Å². The van der Waals surface area contributed by atoms with Crippen molar-refractivity contribution in [2.24, 2.45) is 5.92 Å². The van der Waals surface area contributed by atoms with Crippen molar-refractivity contribution < 1.29 is 0 Å². The number of hydrogen-bond donors (Lipinski definition) is 0. The molecule has 0 bridgehead atoms. The first kappa shape index (κ1) is 16.7. The second-order valence-corrected chi connectivity index (χ2v) is 7.80. The molecule has 130 valence electrons. The van der Waals surface area contributed by atoms with E-state index < -0.39 is 0 Å². The van der Waals surface area contributed by atoms with Crippen LogP contribution in [0.15, 0.2) is 42.5 Å². The van der Waals surface area contributed by atoms with Crippen molar-refractivity contribution in [3.8, 4) is 0 Å². The minimum Gasteiger partial charge on any atom is -0.342 e. The number of fused-ring (bicyclic) bond motifs is 1. The van der Waals surface area contributed by atoms with Crippen molar-refractivity contribution in [1.29, 1.82) is 0 Å². The second-order valence-electron chi connectivity index (χ2n) is 6.93. The molecule has 25 heavy (non-hydrogen) atoms. The largest absolute Gasteiger partial charge is 0.342 e. The number of aromatic nitrogens is 2. The Kier molecular flexibility index (Phi) is 4.61. The molecule has 2 aromatic carbocycles. The maximum absolute atomic E-state index is 6.19. The maximum Gasteiger partial charge on any atom is 0.206 e. The molecule has 3 nitrogen and oxygen atoms in total. The molecule has 2 heterocycles. The van der Waals surface area contributed by atoms with E-state index in [9.17, 15) is 0 Å². The quantitative estimate of drug-likeness (QED) is 0.593. The summed E-state index contributed by atoms with van der Waals surface area (Å²) in [5.74, 6) is 1.82. The third-order valence-corrected chi connectivity index (χ3v) is 5.46. The summed E-state index contributed by atoms with van der Waals surface area (Å²) in [7, 11) is 0. The van der Waals surface area contributed by atoms with Gasteiger partial charge in [0.05, 0.1) is 17.6 Å². The van der Waals surface area contributed by atoms with Crippen molar-refractivity contribution >= 4 is 40.2 Å². The van der Waals surface area contributed by atoms with Crippen LogP contribution < -0.4 is 4.90 Å². The van der Waals surface area contributed by atoms with E-state index in [0.29, 0.717) is 0 Å². The normalized spacial score (nSPS) is 15.9. The summed E-state index contributed by atoms with van der Waals surface area (Å²) in [6.07, 6.45) is 2.42. The zero-order chi connectivity index (χ0) is 17.4. The average molecular weight is 374 g/mol. The van der Waals surface area contributed by atoms with E-state index in [1.54, 1.807) is 0 Å². The van der Waals surface area contributed by atoms with Gasteiger partial charge in [-0.3, -0.25) is 0 Å². The minimum atomic E-state index is 0.721. The Morgan fingerprint density at radius 3 is 2.56 bits per heavy atom. The van der Waals surface area contributed by atoms with Crippen LogP contribution in [-0.4, -0.2) is 22.6 Å².